The van der Waals surface area contributed by atoms with E-state index >= 15 is 0 Å². The van der Waals surface area contributed by atoms with Gasteiger partial charge < -0.3 is 23.7 Å². The zero-order valence-corrected chi connectivity index (χ0v) is 19.3. The molecule has 34 heavy (non-hydrogen) atoms. The number of nitrogens with zero attached hydrogens (tertiary/aromatic N) is 3. The van der Waals surface area contributed by atoms with E-state index in [-0.39, 0.29) is 12.3 Å². The summed E-state index contributed by atoms with van der Waals surface area (Å²) < 4.78 is 31.3. The average Bonchev–Trinajstić information content (AvgIpc) is 3.44. The number of esters is 1. The van der Waals surface area contributed by atoms with Crippen molar-refractivity contribution in [2.45, 2.75) is 57.7 Å². The van der Waals surface area contributed by atoms with Crippen molar-refractivity contribution in [2.24, 2.45) is 0 Å². The van der Waals surface area contributed by atoms with Gasteiger partial charge >= 0.3 is 5.97 Å². The molecule has 0 bridgehead atoms. The van der Waals surface area contributed by atoms with Gasteiger partial charge in [-0.05, 0) is 38.5 Å². The second kappa shape index (κ2) is 9.17. The molecular formula is C25H27N3O6. The number of rotatable bonds is 7. The summed E-state index contributed by atoms with van der Waals surface area (Å²) in [6.07, 6.45) is -2.15. The topological polar surface area (TPSA) is 93.9 Å². The Kier molecular flexibility index (Phi) is 6.07. The monoisotopic (exact) mass is 465 g/mol. The van der Waals surface area contributed by atoms with E-state index in [0.29, 0.717) is 18.0 Å². The molecule has 3 heterocycles. The lowest BCUT2D eigenvalue weighted by atomic mass is 10.1. The summed E-state index contributed by atoms with van der Waals surface area (Å²) in [7, 11) is 0. The van der Waals surface area contributed by atoms with E-state index < -0.39 is 36.4 Å². The fourth-order valence-corrected chi connectivity index (χ4v) is 4.16. The number of fused-ring (bicyclic) bond motifs is 1. The molecule has 9 nitrogen and oxygen atoms in total. The second-order valence-electron chi connectivity index (χ2n) is 8.80. The van der Waals surface area contributed by atoms with Gasteiger partial charge in [0.1, 0.15) is 18.5 Å². The Bertz CT molecular complexity index is 1130. The Morgan fingerprint density at radius 2 is 1.76 bits per heavy atom. The van der Waals surface area contributed by atoms with Crippen molar-refractivity contribution < 1.29 is 28.5 Å². The van der Waals surface area contributed by atoms with Crippen LogP contribution in [0.2, 0.25) is 0 Å². The second-order valence-corrected chi connectivity index (χ2v) is 8.80. The fourth-order valence-electron chi connectivity index (χ4n) is 4.16. The molecule has 2 aliphatic rings. The lowest BCUT2D eigenvalue weighted by Crippen LogP contribution is -2.41. The molecule has 2 aromatic carbocycles. The third kappa shape index (κ3) is 4.68. The highest BCUT2D eigenvalue weighted by Gasteiger charge is 2.56. The van der Waals surface area contributed by atoms with Crippen molar-refractivity contribution in [3.8, 4) is 5.75 Å². The number of aromatic nitrogens is 3. The zero-order valence-electron chi connectivity index (χ0n) is 19.3. The molecule has 2 saturated heterocycles. The number of hydrogen-bond donors (Lipinski definition) is 0. The summed E-state index contributed by atoms with van der Waals surface area (Å²) in [6, 6.07) is 19.2. The summed E-state index contributed by atoms with van der Waals surface area (Å²) in [6.45, 7) is 5.91. The third-order valence-corrected chi connectivity index (χ3v) is 5.83. The van der Waals surface area contributed by atoms with Crippen molar-refractivity contribution >= 4 is 5.97 Å². The molecule has 4 atom stereocenters. The molecule has 0 unspecified atom stereocenters. The number of para-hydroxylation sites is 1. The molecule has 0 radical (unpaired) electrons. The minimum atomic E-state index is -0.788. The van der Waals surface area contributed by atoms with Crippen molar-refractivity contribution in [1.29, 1.82) is 0 Å². The summed E-state index contributed by atoms with van der Waals surface area (Å²) in [5, 5.41) is 8.15. The Labute approximate surface area is 197 Å². The van der Waals surface area contributed by atoms with Gasteiger partial charge in [-0.25, -0.2) is 9.48 Å². The van der Waals surface area contributed by atoms with Crippen LogP contribution in [0.25, 0.3) is 0 Å². The fraction of sp³-hybridized carbons (Fsp3) is 0.400. The summed E-state index contributed by atoms with van der Waals surface area (Å²) in [5.74, 6) is -0.692. The summed E-state index contributed by atoms with van der Waals surface area (Å²) in [4.78, 5) is 12.8. The molecule has 9 heteroatoms. The molecule has 1 aromatic heterocycles. The first-order valence-electron chi connectivity index (χ1n) is 11.2. The molecule has 2 fully saturated rings. The number of benzene rings is 2. The van der Waals surface area contributed by atoms with E-state index in [2.05, 4.69) is 10.3 Å². The van der Waals surface area contributed by atoms with Crippen LogP contribution in [0.5, 0.6) is 5.75 Å². The van der Waals surface area contributed by atoms with Crippen LogP contribution in [-0.4, -0.2) is 58.0 Å². The van der Waals surface area contributed by atoms with E-state index in [1.807, 2.05) is 74.5 Å². The highest BCUT2D eigenvalue weighted by molar-refractivity contribution is 5.88. The summed E-state index contributed by atoms with van der Waals surface area (Å²) >= 11 is 0. The largest absolute Gasteiger partial charge is 0.485 e. The van der Waals surface area contributed by atoms with Gasteiger partial charge in [0, 0.05) is 0 Å². The van der Waals surface area contributed by atoms with Gasteiger partial charge in [0.15, 0.2) is 30.0 Å². The predicted octanol–water partition coefficient (Wildman–Crippen LogP) is 3.12. The molecule has 178 valence electrons. The molecule has 0 N–H and O–H groups in total. The normalized spacial score (nSPS) is 25.1. The van der Waals surface area contributed by atoms with Crippen LogP contribution >= 0.6 is 0 Å². The number of carbonyl (C=O) groups is 1. The van der Waals surface area contributed by atoms with Gasteiger partial charge in [-0.15, -0.1) is 5.10 Å². The van der Waals surface area contributed by atoms with E-state index in [9.17, 15) is 4.79 Å². The first-order chi connectivity index (χ1) is 16.4. The lowest BCUT2D eigenvalue weighted by Gasteiger charge is -2.26. The minimum Gasteiger partial charge on any atom is -0.485 e. The molecule has 0 amide bonds. The lowest BCUT2D eigenvalue weighted by molar-refractivity contribution is -0.216. The van der Waals surface area contributed by atoms with Gasteiger partial charge in [0.05, 0.1) is 12.2 Å². The van der Waals surface area contributed by atoms with E-state index in [1.54, 1.807) is 11.6 Å². The van der Waals surface area contributed by atoms with Crippen molar-refractivity contribution in [3.63, 3.8) is 0 Å². The van der Waals surface area contributed by atoms with E-state index in [1.165, 1.54) is 0 Å². The Morgan fingerprint density at radius 1 is 1.06 bits per heavy atom. The van der Waals surface area contributed by atoms with Gasteiger partial charge in [0.2, 0.25) is 0 Å². The number of ether oxygens (including phenoxy) is 5. The summed E-state index contributed by atoms with van der Waals surface area (Å²) in [5.41, 5.74) is 1.86. The SMILES string of the molecule is Cc1c(C(=O)OC[C@H]2O[C@@H]3OC(C)(C)O[C@@H]3[C@H]2Oc2ccccc2)nnn1Cc1ccccc1. The smallest absolute Gasteiger partial charge is 0.360 e. The molecule has 0 aliphatic carbocycles. The van der Waals surface area contributed by atoms with Crippen LogP contribution in [0.3, 0.4) is 0 Å². The van der Waals surface area contributed by atoms with Gasteiger partial charge in [0.25, 0.3) is 0 Å². The Hall–Kier alpha value is -3.27. The molecule has 2 aliphatic heterocycles. The third-order valence-electron chi connectivity index (χ3n) is 5.83. The maximum Gasteiger partial charge on any atom is 0.360 e. The zero-order chi connectivity index (χ0) is 23.7. The van der Waals surface area contributed by atoms with E-state index in [0.717, 1.165) is 5.56 Å². The predicted molar refractivity (Wildman–Crippen MR) is 120 cm³/mol. The van der Waals surface area contributed by atoms with E-state index in [4.69, 9.17) is 23.7 Å². The van der Waals surface area contributed by atoms with Gasteiger partial charge in [-0.3, -0.25) is 0 Å². The first kappa shape index (κ1) is 22.5. The minimum absolute atomic E-state index is 0.0402. The maximum atomic E-state index is 12.8. The van der Waals surface area contributed by atoms with Crippen molar-refractivity contribution in [2.75, 3.05) is 6.61 Å². The van der Waals surface area contributed by atoms with Crippen molar-refractivity contribution in [3.05, 3.63) is 77.6 Å². The maximum absolute atomic E-state index is 12.8. The van der Waals surface area contributed by atoms with Crippen LogP contribution < -0.4 is 4.74 Å². The number of carbonyl (C=O) groups excluding carboxylic acids is 1. The Balaban J connectivity index is 1.26. The highest BCUT2D eigenvalue weighted by atomic mass is 16.8. The van der Waals surface area contributed by atoms with Crippen LogP contribution in [0.1, 0.15) is 35.6 Å². The molecular weight excluding hydrogens is 438 g/mol. The van der Waals surface area contributed by atoms with Crippen LogP contribution in [-0.2, 0) is 25.5 Å². The highest BCUT2D eigenvalue weighted by Crippen LogP contribution is 2.39. The van der Waals surface area contributed by atoms with Crippen LogP contribution in [0, 0.1) is 6.92 Å². The molecule has 0 saturated carbocycles. The Morgan fingerprint density at radius 3 is 2.50 bits per heavy atom. The van der Waals surface area contributed by atoms with Gasteiger partial charge in [-0.2, -0.15) is 0 Å². The molecule has 0 spiro atoms. The first-order valence-corrected chi connectivity index (χ1v) is 11.2. The average molecular weight is 466 g/mol. The number of hydrogen-bond acceptors (Lipinski definition) is 8. The standard InChI is InChI=1S/C25H27N3O6/c1-16-20(26-27-28(16)14-17-10-6-4-7-11-17)23(29)30-15-19-21(31-18-12-8-5-9-13-18)22-24(32-19)34-25(2,3)33-22/h4-13,19,21-22,24H,14-15H2,1-3H3/t19-,21+,22-,24-/m1/s1. The van der Waals surface area contributed by atoms with Crippen LogP contribution in [0.15, 0.2) is 60.7 Å². The van der Waals surface area contributed by atoms with Crippen LogP contribution in [0.4, 0.5) is 0 Å². The van der Waals surface area contributed by atoms with Gasteiger partial charge in [-0.1, -0.05) is 53.7 Å². The van der Waals surface area contributed by atoms with Crippen molar-refractivity contribution in [1.82, 2.24) is 15.0 Å². The molecule has 5 rings (SSSR count). The quantitative estimate of drug-likeness (QED) is 0.492. The molecule has 3 aromatic rings.